The van der Waals surface area contributed by atoms with Gasteiger partial charge in [-0.1, -0.05) is 12.1 Å². The minimum absolute atomic E-state index is 0.708. The molecule has 4 nitrogen and oxygen atoms in total. The van der Waals surface area contributed by atoms with E-state index in [2.05, 4.69) is 4.52 Å². The topological polar surface area (TPSA) is 55.4 Å². The molecule has 1 aromatic rings. The van der Waals surface area contributed by atoms with Crippen LogP contribution in [0, 0.1) is 0 Å². The molecule has 0 atom stereocenters. The molecule has 0 fully saturated rings. The van der Waals surface area contributed by atoms with Crippen LogP contribution in [-0.2, 0) is 0 Å². The van der Waals surface area contributed by atoms with Crippen molar-refractivity contribution in [2.45, 2.75) is 0 Å². The molecular formula is C7H7NO3. The predicted molar refractivity (Wildman–Crippen MR) is 37.7 cm³/mol. The molecule has 0 bridgehead atoms. The highest BCUT2D eigenvalue weighted by Gasteiger charge is 1.93. The van der Waals surface area contributed by atoms with Gasteiger partial charge in [-0.15, -0.1) is 4.74 Å². The Balaban J connectivity index is 3.12. The van der Waals surface area contributed by atoms with E-state index in [1.807, 2.05) is 0 Å². The number of carboxylic acid groups (broad SMARTS) is 1. The summed E-state index contributed by atoms with van der Waals surface area (Å²) in [4.78, 5) is 10.3. The molecule has 4 heteroatoms. The summed E-state index contributed by atoms with van der Waals surface area (Å²) in [5.41, 5.74) is 0. The summed E-state index contributed by atoms with van der Waals surface area (Å²) < 4.78 is 5.37. The maximum Gasteiger partial charge on any atom is 0.445 e. The van der Waals surface area contributed by atoms with Crippen LogP contribution in [0.4, 0.5) is 4.79 Å². The first-order valence-corrected chi connectivity index (χ1v) is 2.99. The number of hydrogen-bond acceptors (Lipinski definition) is 2. The first kappa shape index (κ1) is 7.40. The van der Waals surface area contributed by atoms with E-state index in [-0.39, 0.29) is 0 Å². The summed E-state index contributed by atoms with van der Waals surface area (Å²) in [5, 5.41) is 8.45. The molecule has 0 amide bonds. The van der Waals surface area contributed by atoms with Crippen molar-refractivity contribution >= 4 is 6.09 Å². The Morgan fingerprint density at radius 3 is 2.73 bits per heavy atom. The molecule has 1 heterocycles. The van der Waals surface area contributed by atoms with Crippen molar-refractivity contribution in [1.29, 1.82) is 0 Å². The molecule has 58 valence electrons. The summed E-state index contributed by atoms with van der Waals surface area (Å²) in [6, 6.07) is 6.60. The molecular weight excluding hydrogens is 146 g/mol. The fraction of sp³-hybridized carbons (Fsp3) is 0. The lowest BCUT2D eigenvalue weighted by Gasteiger charge is -1.91. The molecule has 1 N–H and O–H groups in total. The van der Waals surface area contributed by atoms with Crippen LogP contribution < -0.4 is 0 Å². The Kier molecular flexibility index (Phi) is 2.32. The molecule has 0 spiro atoms. The van der Waals surface area contributed by atoms with Gasteiger partial charge in [0.05, 0.1) is 6.20 Å². The van der Waals surface area contributed by atoms with E-state index in [4.69, 9.17) is 5.11 Å². The Morgan fingerprint density at radius 2 is 2.00 bits per heavy atom. The van der Waals surface area contributed by atoms with Crippen LogP contribution in [-0.4, -0.2) is 15.9 Å². The van der Waals surface area contributed by atoms with Crippen LogP contribution in [0.15, 0.2) is 41.2 Å². The van der Waals surface area contributed by atoms with Crippen molar-refractivity contribution in [3.8, 4) is 0 Å². The van der Waals surface area contributed by atoms with E-state index < -0.39 is 6.09 Å². The highest BCUT2D eigenvalue weighted by molar-refractivity contribution is 5.65. The highest BCUT2D eigenvalue weighted by atomic mass is 16.5. The minimum atomic E-state index is -1.15. The fourth-order valence-corrected chi connectivity index (χ4v) is 0.546. The van der Waals surface area contributed by atoms with E-state index >= 15 is 0 Å². The van der Waals surface area contributed by atoms with Crippen LogP contribution in [0.1, 0.15) is 0 Å². The number of aromatic nitrogens is 1. The van der Waals surface area contributed by atoms with Crippen molar-refractivity contribution in [1.82, 2.24) is 4.74 Å². The first-order valence-electron chi connectivity index (χ1n) is 2.99. The lowest BCUT2D eigenvalue weighted by molar-refractivity contribution is 0.160. The Morgan fingerprint density at radius 1 is 1.27 bits per heavy atom. The quantitative estimate of drug-likeness (QED) is 0.617. The largest absolute Gasteiger partial charge is 0.463 e. The van der Waals surface area contributed by atoms with Gasteiger partial charge < -0.3 is 9.63 Å². The molecule has 11 heavy (non-hydrogen) atoms. The third-order valence-electron chi connectivity index (χ3n) is 0.996. The van der Waals surface area contributed by atoms with Gasteiger partial charge in [-0.2, -0.15) is 0 Å². The van der Waals surface area contributed by atoms with Crippen molar-refractivity contribution in [2.75, 3.05) is 0 Å². The van der Waals surface area contributed by atoms with E-state index in [1.165, 1.54) is 12.5 Å². The average Bonchev–Trinajstić information content (AvgIpc) is 1.84. The predicted octanol–water partition coefficient (Wildman–Crippen LogP) is 1.73. The van der Waals surface area contributed by atoms with Gasteiger partial charge in [-0.25, -0.2) is 4.79 Å². The molecule has 0 radical (unpaired) electrons. The molecule has 1 rings (SSSR count). The van der Waals surface area contributed by atoms with Crippen molar-refractivity contribution in [3.05, 3.63) is 36.7 Å². The molecule has 0 saturated carbocycles. The lowest BCUT2D eigenvalue weighted by Crippen LogP contribution is -2.05. The van der Waals surface area contributed by atoms with E-state index in [0.29, 0.717) is 4.74 Å². The number of carbonyl (C=O) groups is 1. The molecule has 1 aromatic heterocycles. The highest BCUT2D eigenvalue weighted by Crippen LogP contribution is 1.85. The molecule has 0 unspecified atom stereocenters. The van der Waals surface area contributed by atoms with Crippen LogP contribution in [0.2, 0.25) is 0 Å². The number of nitrogens with zero attached hydrogens (tertiary/aromatic N) is 1. The maximum absolute atomic E-state index is 10.3. The van der Waals surface area contributed by atoms with E-state index in [0.717, 1.165) is 0 Å². The SMILES string of the molecule is O=C(O)n1cccccco1. The van der Waals surface area contributed by atoms with Gasteiger partial charge in [-0.3, -0.25) is 0 Å². The van der Waals surface area contributed by atoms with Gasteiger partial charge in [0.1, 0.15) is 6.26 Å². The zero-order valence-corrected chi connectivity index (χ0v) is 5.68. The molecule has 0 saturated heterocycles. The first-order chi connectivity index (χ1) is 5.30. The second-order valence-electron chi connectivity index (χ2n) is 1.77. The second kappa shape index (κ2) is 3.46. The Bertz CT molecular complexity index is 266. The third kappa shape index (κ3) is 2.17. The monoisotopic (exact) mass is 153 g/mol. The van der Waals surface area contributed by atoms with Crippen LogP contribution >= 0.6 is 0 Å². The number of hydrogen-bond donors (Lipinski definition) is 1. The number of rotatable bonds is 0. The fourth-order valence-electron chi connectivity index (χ4n) is 0.546. The zero-order chi connectivity index (χ0) is 8.10. The van der Waals surface area contributed by atoms with Crippen LogP contribution in [0.25, 0.3) is 0 Å². The van der Waals surface area contributed by atoms with Crippen LogP contribution in [0.5, 0.6) is 0 Å². The van der Waals surface area contributed by atoms with Crippen molar-refractivity contribution in [3.63, 3.8) is 0 Å². The molecule has 0 aliphatic heterocycles. The van der Waals surface area contributed by atoms with E-state index in [1.54, 1.807) is 24.3 Å². The summed E-state index contributed by atoms with van der Waals surface area (Å²) in [5.74, 6) is 0. The van der Waals surface area contributed by atoms with Gasteiger partial charge in [-0.05, 0) is 12.1 Å². The summed E-state index contributed by atoms with van der Waals surface area (Å²) >= 11 is 0. The minimum Gasteiger partial charge on any atom is -0.463 e. The smallest absolute Gasteiger partial charge is 0.445 e. The average molecular weight is 153 g/mol. The van der Waals surface area contributed by atoms with Crippen molar-refractivity contribution in [2.24, 2.45) is 0 Å². The van der Waals surface area contributed by atoms with Gasteiger partial charge in [0, 0.05) is 0 Å². The molecule has 0 aliphatic rings. The van der Waals surface area contributed by atoms with Crippen LogP contribution in [0.3, 0.4) is 0 Å². The summed E-state index contributed by atoms with van der Waals surface area (Å²) in [6.45, 7) is 0. The molecule has 0 aliphatic carbocycles. The zero-order valence-electron chi connectivity index (χ0n) is 5.68. The molecule has 0 aromatic carbocycles. The van der Waals surface area contributed by atoms with Crippen molar-refractivity contribution < 1.29 is 14.4 Å². The Labute approximate surface area is 63.0 Å². The summed E-state index contributed by atoms with van der Waals surface area (Å²) in [6.07, 6.45) is 1.44. The van der Waals surface area contributed by atoms with Gasteiger partial charge in [0.15, 0.2) is 0 Å². The summed E-state index contributed by atoms with van der Waals surface area (Å²) in [7, 11) is 0. The lowest BCUT2D eigenvalue weighted by atomic mass is 10.5. The van der Waals surface area contributed by atoms with Gasteiger partial charge >= 0.3 is 6.09 Å². The normalized spacial score (nSPS) is 8.73. The third-order valence-corrected chi connectivity index (χ3v) is 0.996. The Hall–Kier alpha value is -1.71. The van der Waals surface area contributed by atoms with E-state index in [9.17, 15) is 4.79 Å². The second-order valence-corrected chi connectivity index (χ2v) is 1.77. The van der Waals surface area contributed by atoms with Gasteiger partial charge in [0.25, 0.3) is 0 Å². The maximum atomic E-state index is 10.3. The van der Waals surface area contributed by atoms with Gasteiger partial charge in [0.2, 0.25) is 0 Å². The standard InChI is InChI=1S/C7H7NO3/c9-7(10)8-5-3-1-2-4-6-11-8/h1-6H,(H,9,10).